The van der Waals surface area contributed by atoms with Gasteiger partial charge >= 0.3 is 11.9 Å². The number of hydrogen-bond acceptors (Lipinski definition) is 10. The second kappa shape index (κ2) is 14.3. The van der Waals surface area contributed by atoms with Gasteiger partial charge in [-0.1, -0.05) is 96.5 Å². The number of thioether (sulfide) groups is 2. The van der Waals surface area contributed by atoms with Crippen molar-refractivity contribution in [1.82, 2.24) is 10.6 Å². The van der Waals surface area contributed by atoms with Crippen LogP contribution in [0.5, 0.6) is 11.5 Å². The number of rotatable bonds is 8. The summed E-state index contributed by atoms with van der Waals surface area (Å²) in [6.07, 6.45) is 3.69. The summed E-state index contributed by atoms with van der Waals surface area (Å²) in [6, 6.07) is 27.9. The number of carbonyl (C=O) groups excluding carboxylic acids is 4. The molecule has 0 aromatic heterocycles. The first-order chi connectivity index (χ1) is 22.7. The van der Waals surface area contributed by atoms with E-state index < -0.39 is 11.9 Å². The molecule has 2 N–H and O–H groups in total. The van der Waals surface area contributed by atoms with E-state index >= 15 is 0 Å². The molecule has 2 aliphatic heterocycles. The van der Waals surface area contributed by atoms with Gasteiger partial charge in [-0.15, -0.1) is 0 Å². The van der Waals surface area contributed by atoms with Crippen LogP contribution in [-0.2, 0) is 16.0 Å². The Kier molecular flexibility index (Phi) is 9.73. The largest absolute Gasteiger partial charge is 0.422 e. The summed E-state index contributed by atoms with van der Waals surface area (Å²) in [5.74, 6) is -1.20. The molecule has 2 fully saturated rings. The highest BCUT2D eigenvalue weighted by Crippen LogP contribution is 2.33. The molecular weight excluding hydrogens is 673 g/mol. The lowest BCUT2D eigenvalue weighted by atomic mass is 9.99. The van der Waals surface area contributed by atoms with Crippen molar-refractivity contribution in [1.29, 1.82) is 0 Å². The normalized spacial score (nSPS) is 15.9. The second-order valence-corrected chi connectivity index (χ2v) is 13.6. The minimum Gasteiger partial charge on any atom is -0.422 e. The zero-order chi connectivity index (χ0) is 32.9. The van der Waals surface area contributed by atoms with E-state index in [2.05, 4.69) is 10.6 Å². The van der Waals surface area contributed by atoms with Crippen molar-refractivity contribution in [3.63, 3.8) is 0 Å². The molecule has 4 aromatic carbocycles. The molecule has 0 aliphatic carbocycles. The van der Waals surface area contributed by atoms with Crippen molar-refractivity contribution >= 4 is 92.5 Å². The predicted molar refractivity (Wildman–Crippen MR) is 191 cm³/mol. The molecule has 0 bridgehead atoms. The molecule has 0 unspecified atom stereocenters. The van der Waals surface area contributed by atoms with Crippen molar-refractivity contribution < 1.29 is 28.7 Å². The van der Waals surface area contributed by atoms with Crippen LogP contribution >= 0.6 is 48.0 Å². The smallest absolute Gasteiger partial charge is 0.343 e. The maximum Gasteiger partial charge on any atom is 0.343 e. The van der Waals surface area contributed by atoms with Crippen LogP contribution < -0.4 is 20.1 Å². The van der Waals surface area contributed by atoms with Crippen LogP contribution in [0.3, 0.4) is 0 Å². The summed E-state index contributed by atoms with van der Waals surface area (Å²) in [5, 5.41) is 5.20. The van der Waals surface area contributed by atoms with E-state index in [9.17, 15) is 19.2 Å². The highest BCUT2D eigenvalue weighted by atomic mass is 32.2. The van der Waals surface area contributed by atoms with Gasteiger partial charge in [-0.3, -0.25) is 9.59 Å². The number of benzene rings is 4. The van der Waals surface area contributed by atoms with Gasteiger partial charge in [0.05, 0.1) is 20.9 Å². The Hall–Kier alpha value is -4.88. The third kappa shape index (κ3) is 7.92. The highest BCUT2D eigenvalue weighted by molar-refractivity contribution is 8.27. The summed E-state index contributed by atoms with van der Waals surface area (Å²) < 4.78 is 12.2. The number of amides is 2. The highest BCUT2D eigenvalue weighted by Gasteiger charge is 2.24. The summed E-state index contributed by atoms with van der Waals surface area (Å²) in [7, 11) is 0. The minimum atomic E-state index is -0.538. The van der Waals surface area contributed by atoms with Crippen molar-refractivity contribution in [3.05, 3.63) is 140 Å². The molecule has 2 aliphatic rings. The predicted octanol–water partition coefficient (Wildman–Crippen LogP) is 6.69. The molecule has 8 nitrogen and oxygen atoms in total. The quantitative estimate of drug-likeness (QED) is 0.0896. The van der Waals surface area contributed by atoms with Crippen LogP contribution in [0.15, 0.2) is 107 Å². The number of esters is 2. The zero-order valence-electron chi connectivity index (χ0n) is 24.2. The molecule has 0 radical (unpaired) electrons. The van der Waals surface area contributed by atoms with Crippen LogP contribution in [0, 0.1) is 0 Å². The number of hydrogen-bond donors (Lipinski definition) is 2. The monoisotopic (exact) mass is 694 g/mol. The molecule has 47 heavy (non-hydrogen) atoms. The van der Waals surface area contributed by atoms with E-state index in [-0.39, 0.29) is 23.3 Å². The summed E-state index contributed by atoms with van der Waals surface area (Å²) in [5.41, 5.74) is 3.46. The number of carbonyl (C=O) groups is 4. The molecule has 2 saturated heterocycles. The van der Waals surface area contributed by atoms with Crippen LogP contribution in [0.2, 0.25) is 0 Å². The average molecular weight is 695 g/mol. The fourth-order valence-electron chi connectivity index (χ4n) is 4.65. The molecule has 12 heteroatoms. The number of ether oxygens (including phenoxy) is 2. The lowest BCUT2D eigenvalue weighted by molar-refractivity contribution is -0.116. The van der Waals surface area contributed by atoms with Gasteiger partial charge in [0.1, 0.15) is 20.1 Å². The van der Waals surface area contributed by atoms with Crippen molar-refractivity contribution in [2.24, 2.45) is 0 Å². The topological polar surface area (TPSA) is 111 Å². The van der Waals surface area contributed by atoms with E-state index in [1.54, 1.807) is 84.9 Å². The molecule has 4 aromatic rings. The minimum absolute atomic E-state index is 0.273. The van der Waals surface area contributed by atoms with Gasteiger partial charge in [0.2, 0.25) is 0 Å². The molecule has 6 rings (SSSR count). The maximum atomic E-state index is 12.9. The van der Waals surface area contributed by atoms with Crippen LogP contribution in [0.1, 0.15) is 43.0 Å². The third-order valence-corrected chi connectivity index (χ3v) is 9.16. The number of nitrogens with one attached hydrogen (secondary N) is 2. The fraction of sp³-hybridized carbons (Fsp3) is 0.0286. The summed E-state index contributed by atoms with van der Waals surface area (Å²) in [6.45, 7) is 0. The Morgan fingerprint density at radius 1 is 0.617 bits per heavy atom. The average Bonchev–Trinajstić information content (AvgIpc) is 3.56. The van der Waals surface area contributed by atoms with Gasteiger partial charge in [-0.25, -0.2) is 9.59 Å². The summed E-state index contributed by atoms with van der Waals surface area (Å²) >= 11 is 12.5. The van der Waals surface area contributed by atoms with Gasteiger partial charge < -0.3 is 20.1 Å². The maximum absolute atomic E-state index is 12.9. The Bertz CT molecular complexity index is 1880. The van der Waals surface area contributed by atoms with Gasteiger partial charge in [0, 0.05) is 11.1 Å². The Morgan fingerprint density at radius 2 is 1.02 bits per heavy atom. The first-order valence-electron chi connectivity index (χ1n) is 14.0. The second-order valence-electron chi connectivity index (χ2n) is 10.1. The van der Waals surface area contributed by atoms with Gasteiger partial charge in [-0.2, -0.15) is 0 Å². The Balaban J connectivity index is 1.33. The van der Waals surface area contributed by atoms with Crippen LogP contribution in [0.25, 0.3) is 12.2 Å². The fourth-order valence-corrected chi connectivity index (χ4v) is 6.72. The lowest BCUT2D eigenvalue weighted by Gasteiger charge is -2.13. The molecule has 2 amide bonds. The van der Waals surface area contributed by atoms with Crippen molar-refractivity contribution in [2.45, 2.75) is 6.42 Å². The van der Waals surface area contributed by atoms with Crippen LogP contribution in [-0.4, -0.2) is 32.4 Å². The van der Waals surface area contributed by atoms with Crippen molar-refractivity contribution in [3.8, 4) is 11.5 Å². The Morgan fingerprint density at radius 3 is 1.38 bits per heavy atom. The lowest BCUT2D eigenvalue weighted by Crippen LogP contribution is -2.17. The SMILES string of the molecule is O=C1NC(=S)S/C1=C/c1cc(Cc2ccc(OC(=O)c3ccccc3)c(/C=C3/SC(=S)NC3=O)c2)ccc1OC(=O)c1ccccc1. The van der Waals surface area contributed by atoms with Gasteiger partial charge in [0.25, 0.3) is 11.8 Å². The molecule has 0 atom stereocenters. The van der Waals surface area contributed by atoms with Gasteiger partial charge in [-0.05, 0) is 78.2 Å². The standard InChI is InChI=1S/C35H22N2O6S4/c38-30-28(46-34(44)36-30)18-24-16-20(11-13-26(24)42-32(40)22-7-3-1-4-8-22)15-21-12-14-27(43-33(41)23-9-5-2-6-10-23)25(17-21)19-29-31(39)37-35(45)47-29/h1-14,16-19H,15H2,(H,36,38,44)(H,37,39,45)/b28-18+,29-19+. The molecule has 0 saturated carbocycles. The molecule has 0 spiro atoms. The number of thiocarbonyl (C=S) groups is 2. The van der Waals surface area contributed by atoms with Crippen LogP contribution in [0.4, 0.5) is 0 Å². The third-order valence-electron chi connectivity index (χ3n) is 6.84. The summed E-state index contributed by atoms with van der Waals surface area (Å²) in [4.78, 5) is 51.5. The zero-order valence-corrected chi connectivity index (χ0v) is 27.4. The van der Waals surface area contributed by atoms with E-state index in [0.29, 0.717) is 47.1 Å². The van der Waals surface area contributed by atoms with Crippen molar-refractivity contribution in [2.75, 3.05) is 0 Å². The van der Waals surface area contributed by atoms with E-state index in [4.69, 9.17) is 33.9 Å². The van der Waals surface area contributed by atoms with E-state index in [1.807, 2.05) is 24.3 Å². The first-order valence-corrected chi connectivity index (χ1v) is 16.5. The first kappa shape index (κ1) is 32.1. The van der Waals surface area contributed by atoms with E-state index in [0.717, 1.165) is 34.7 Å². The van der Waals surface area contributed by atoms with Gasteiger partial charge in [0.15, 0.2) is 0 Å². The molecular formula is C35H22N2O6S4. The Labute approximate surface area is 288 Å². The molecule has 2 heterocycles. The molecule has 232 valence electrons. The van der Waals surface area contributed by atoms with E-state index in [1.165, 1.54) is 0 Å².